The molecule has 0 unspecified atom stereocenters. The number of hydrogen-bond donors (Lipinski definition) is 0. The van der Waals surface area contributed by atoms with Crippen molar-refractivity contribution in [1.29, 1.82) is 0 Å². The van der Waals surface area contributed by atoms with Crippen molar-refractivity contribution < 1.29 is 9.47 Å². The van der Waals surface area contributed by atoms with Gasteiger partial charge in [-0.2, -0.15) is 0 Å². The van der Waals surface area contributed by atoms with Gasteiger partial charge in [0, 0.05) is 14.2 Å². The third-order valence-electron chi connectivity index (χ3n) is 2.50. The minimum absolute atomic E-state index is 0.336. The molecule has 0 saturated heterocycles. The predicted octanol–water partition coefficient (Wildman–Crippen LogP) is 1.98. The molecule has 0 bridgehead atoms. The Bertz CT molecular complexity index is 91.7. The topological polar surface area (TPSA) is 18.5 Å². The average molecular weight is 158 g/mol. The summed E-state index contributed by atoms with van der Waals surface area (Å²) in [6.07, 6.45) is 6.91. The maximum atomic E-state index is 5.35. The average Bonchev–Trinajstić information content (AvgIpc) is 2.27. The second-order valence-electron chi connectivity index (χ2n) is 3.19. The molecule has 0 aliphatic heterocycles. The van der Waals surface area contributed by atoms with Crippen LogP contribution in [0.4, 0.5) is 0 Å². The van der Waals surface area contributed by atoms with E-state index in [-0.39, 0.29) is 0 Å². The number of methoxy groups -OCH3 is 2. The fourth-order valence-corrected chi connectivity index (χ4v) is 1.78. The second-order valence-corrected chi connectivity index (χ2v) is 3.19. The Morgan fingerprint density at radius 2 is 1.27 bits per heavy atom. The van der Waals surface area contributed by atoms with Gasteiger partial charge >= 0.3 is 0 Å². The molecule has 0 radical (unpaired) electrons. The lowest BCUT2D eigenvalue weighted by molar-refractivity contribution is -0.0385. The lowest BCUT2D eigenvalue weighted by Gasteiger charge is -2.21. The van der Waals surface area contributed by atoms with E-state index >= 15 is 0 Å². The summed E-state index contributed by atoms with van der Waals surface area (Å²) in [4.78, 5) is 0. The number of ether oxygens (including phenoxy) is 2. The number of rotatable bonds is 2. The minimum Gasteiger partial charge on any atom is -0.379 e. The highest BCUT2D eigenvalue weighted by Crippen LogP contribution is 2.21. The first kappa shape index (κ1) is 9.01. The van der Waals surface area contributed by atoms with E-state index in [1.165, 1.54) is 19.3 Å². The van der Waals surface area contributed by atoms with Crippen molar-refractivity contribution in [2.24, 2.45) is 0 Å². The molecule has 1 fully saturated rings. The Kier molecular flexibility index (Phi) is 3.87. The van der Waals surface area contributed by atoms with Crippen molar-refractivity contribution in [3.8, 4) is 0 Å². The highest BCUT2D eigenvalue weighted by Gasteiger charge is 2.22. The molecule has 11 heavy (non-hydrogen) atoms. The van der Waals surface area contributed by atoms with Crippen molar-refractivity contribution >= 4 is 0 Å². The van der Waals surface area contributed by atoms with Crippen LogP contribution >= 0.6 is 0 Å². The second kappa shape index (κ2) is 4.73. The van der Waals surface area contributed by atoms with Crippen molar-refractivity contribution in [2.45, 2.75) is 44.3 Å². The van der Waals surface area contributed by atoms with Crippen LogP contribution in [-0.2, 0) is 9.47 Å². The van der Waals surface area contributed by atoms with Gasteiger partial charge in [0.2, 0.25) is 0 Å². The first-order valence-electron chi connectivity index (χ1n) is 4.44. The Morgan fingerprint density at radius 3 is 1.64 bits per heavy atom. The molecule has 0 aromatic carbocycles. The summed E-state index contributed by atoms with van der Waals surface area (Å²) in [5.74, 6) is 0. The standard InChI is InChI=1S/C9H18O2/c1-10-8-6-4-3-5-7-9(8)11-2/h8-9H,3-7H2,1-2H3/t8-,9-/m0/s1. The van der Waals surface area contributed by atoms with Gasteiger partial charge in [0.15, 0.2) is 0 Å². The summed E-state index contributed by atoms with van der Waals surface area (Å²) >= 11 is 0. The van der Waals surface area contributed by atoms with Gasteiger partial charge in [0.25, 0.3) is 0 Å². The molecule has 0 spiro atoms. The molecular weight excluding hydrogens is 140 g/mol. The predicted molar refractivity (Wildman–Crippen MR) is 44.7 cm³/mol. The third kappa shape index (κ3) is 2.46. The fraction of sp³-hybridized carbons (Fsp3) is 1.00. The van der Waals surface area contributed by atoms with E-state index in [4.69, 9.17) is 9.47 Å². The lowest BCUT2D eigenvalue weighted by Crippen LogP contribution is -2.28. The van der Waals surface area contributed by atoms with Gasteiger partial charge < -0.3 is 9.47 Å². The smallest absolute Gasteiger partial charge is 0.0832 e. The summed E-state index contributed by atoms with van der Waals surface area (Å²) in [7, 11) is 3.56. The molecular formula is C9H18O2. The quantitative estimate of drug-likeness (QED) is 0.572. The molecule has 0 amide bonds. The lowest BCUT2D eigenvalue weighted by atomic mass is 10.1. The summed E-state index contributed by atoms with van der Waals surface area (Å²) < 4.78 is 10.7. The maximum absolute atomic E-state index is 5.35. The molecule has 2 atom stereocenters. The van der Waals surface area contributed by atoms with Crippen molar-refractivity contribution in [3.63, 3.8) is 0 Å². The Morgan fingerprint density at radius 1 is 0.818 bits per heavy atom. The van der Waals surface area contributed by atoms with Crippen LogP contribution < -0.4 is 0 Å². The Hall–Kier alpha value is -0.0800. The van der Waals surface area contributed by atoms with Crippen LogP contribution in [0, 0.1) is 0 Å². The molecule has 0 aromatic heterocycles. The van der Waals surface area contributed by atoms with E-state index in [1.54, 1.807) is 14.2 Å². The molecule has 66 valence electrons. The van der Waals surface area contributed by atoms with Gasteiger partial charge in [0.1, 0.15) is 0 Å². The Labute approximate surface area is 68.9 Å². The maximum Gasteiger partial charge on any atom is 0.0832 e. The zero-order valence-electron chi connectivity index (χ0n) is 7.51. The minimum atomic E-state index is 0.336. The van der Waals surface area contributed by atoms with E-state index in [1.807, 2.05) is 0 Å². The van der Waals surface area contributed by atoms with Crippen LogP contribution in [0.2, 0.25) is 0 Å². The molecule has 0 aromatic rings. The van der Waals surface area contributed by atoms with E-state index in [9.17, 15) is 0 Å². The molecule has 0 N–H and O–H groups in total. The highest BCUT2D eigenvalue weighted by molar-refractivity contribution is 4.73. The monoisotopic (exact) mass is 158 g/mol. The molecule has 2 heteroatoms. The Balaban J connectivity index is 2.41. The first-order chi connectivity index (χ1) is 5.38. The normalized spacial score (nSPS) is 33.3. The largest absolute Gasteiger partial charge is 0.379 e. The van der Waals surface area contributed by atoms with Crippen LogP contribution in [0.25, 0.3) is 0 Å². The van der Waals surface area contributed by atoms with Gasteiger partial charge in [0.05, 0.1) is 12.2 Å². The van der Waals surface area contributed by atoms with E-state index < -0.39 is 0 Å². The van der Waals surface area contributed by atoms with Gasteiger partial charge in [-0.15, -0.1) is 0 Å². The van der Waals surface area contributed by atoms with Gasteiger partial charge in [-0.25, -0.2) is 0 Å². The zero-order valence-corrected chi connectivity index (χ0v) is 7.51. The molecule has 1 saturated carbocycles. The molecule has 1 rings (SSSR count). The first-order valence-corrected chi connectivity index (χ1v) is 4.44. The third-order valence-corrected chi connectivity index (χ3v) is 2.50. The summed E-state index contributed by atoms with van der Waals surface area (Å²) in [6.45, 7) is 0. The van der Waals surface area contributed by atoms with Gasteiger partial charge in [-0.3, -0.25) is 0 Å². The van der Waals surface area contributed by atoms with Crippen LogP contribution in [0.3, 0.4) is 0 Å². The molecule has 0 heterocycles. The summed E-state index contributed by atoms with van der Waals surface area (Å²) in [5, 5.41) is 0. The zero-order chi connectivity index (χ0) is 8.10. The SMILES string of the molecule is CO[C@H]1CCCCC[C@@H]1OC. The van der Waals surface area contributed by atoms with Gasteiger partial charge in [-0.1, -0.05) is 19.3 Å². The molecule has 2 nitrogen and oxygen atoms in total. The number of hydrogen-bond acceptors (Lipinski definition) is 2. The van der Waals surface area contributed by atoms with E-state index in [0.717, 1.165) is 12.8 Å². The van der Waals surface area contributed by atoms with Crippen LogP contribution in [0.15, 0.2) is 0 Å². The van der Waals surface area contributed by atoms with E-state index in [2.05, 4.69) is 0 Å². The summed E-state index contributed by atoms with van der Waals surface area (Å²) in [5.41, 5.74) is 0. The van der Waals surface area contributed by atoms with Crippen LogP contribution in [0.1, 0.15) is 32.1 Å². The van der Waals surface area contributed by atoms with Gasteiger partial charge in [-0.05, 0) is 12.8 Å². The highest BCUT2D eigenvalue weighted by atomic mass is 16.5. The van der Waals surface area contributed by atoms with Crippen LogP contribution in [0.5, 0.6) is 0 Å². The van der Waals surface area contributed by atoms with Crippen molar-refractivity contribution in [3.05, 3.63) is 0 Å². The molecule has 1 aliphatic carbocycles. The fourth-order valence-electron chi connectivity index (χ4n) is 1.78. The summed E-state index contributed by atoms with van der Waals surface area (Å²) in [6, 6.07) is 0. The van der Waals surface area contributed by atoms with Crippen molar-refractivity contribution in [2.75, 3.05) is 14.2 Å². The molecule has 1 aliphatic rings. The van der Waals surface area contributed by atoms with Crippen LogP contribution in [-0.4, -0.2) is 26.4 Å². The van der Waals surface area contributed by atoms with E-state index in [0.29, 0.717) is 12.2 Å². The van der Waals surface area contributed by atoms with Crippen molar-refractivity contribution in [1.82, 2.24) is 0 Å².